The van der Waals surface area contributed by atoms with Gasteiger partial charge in [-0.1, -0.05) is 37.2 Å². The number of ether oxygens (including phenoxy) is 1. The molecule has 0 aliphatic carbocycles. The summed E-state index contributed by atoms with van der Waals surface area (Å²) in [5, 5.41) is 3.43. The van der Waals surface area contributed by atoms with E-state index >= 15 is 0 Å². The molecule has 5 heteroatoms. The number of unbranched alkanes of at least 4 members (excludes halogenated alkanes) is 3. The van der Waals surface area contributed by atoms with Crippen LogP contribution in [0.4, 0.5) is 5.13 Å². The van der Waals surface area contributed by atoms with Crippen LogP contribution in [0.25, 0.3) is 10.2 Å². The van der Waals surface area contributed by atoms with Gasteiger partial charge in [-0.15, -0.1) is 0 Å². The minimum absolute atomic E-state index is 0.124. The van der Waals surface area contributed by atoms with Gasteiger partial charge in [0.1, 0.15) is 5.75 Å². The van der Waals surface area contributed by atoms with Crippen LogP contribution < -0.4 is 10.1 Å². The van der Waals surface area contributed by atoms with Gasteiger partial charge in [0.2, 0.25) is 5.91 Å². The highest BCUT2D eigenvalue weighted by molar-refractivity contribution is 7.22. The first-order valence-electron chi connectivity index (χ1n) is 7.73. The highest BCUT2D eigenvalue weighted by Crippen LogP contribution is 2.29. The fourth-order valence-electron chi connectivity index (χ4n) is 2.06. The lowest BCUT2D eigenvalue weighted by molar-refractivity contribution is -0.111. The van der Waals surface area contributed by atoms with Crippen LogP contribution in [0.15, 0.2) is 30.4 Å². The molecule has 0 unspecified atom stereocenters. The predicted molar refractivity (Wildman–Crippen MR) is 92.7 cm³/mol. The molecule has 2 rings (SSSR count). The Morgan fingerprint density at radius 3 is 3.00 bits per heavy atom. The zero-order valence-corrected chi connectivity index (χ0v) is 13.9. The number of anilines is 1. The Hall–Kier alpha value is -1.88. The second-order valence-electron chi connectivity index (χ2n) is 4.97. The van der Waals surface area contributed by atoms with E-state index in [-0.39, 0.29) is 5.91 Å². The van der Waals surface area contributed by atoms with E-state index < -0.39 is 0 Å². The molecule has 0 fully saturated rings. The third kappa shape index (κ3) is 4.84. The topological polar surface area (TPSA) is 51.2 Å². The lowest BCUT2D eigenvalue weighted by Gasteiger charge is -2.00. The molecule has 1 aromatic heterocycles. The lowest BCUT2D eigenvalue weighted by Crippen LogP contribution is -2.07. The second-order valence-corrected chi connectivity index (χ2v) is 6.00. The van der Waals surface area contributed by atoms with Gasteiger partial charge in [-0.05, 0) is 44.0 Å². The number of hydrogen-bond donors (Lipinski definition) is 1. The molecule has 1 N–H and O–H groups in total. The number of fused-ring (bicyclic) bond motifs is 1. The van der Waals surface area contributed by atoms with Crippen LogP contribution >= 0.6 is 11.3 Å². The van der Waals surface area contributed by atoms with Gasteiger partial charge < -0.3 is 4.74 Å². The van der Waals surface area contributed by atoms with Gasteiger partial charge in [0.25, 0.3) is 0 Å². The first-order chi connectivity index (χ1) is 10.7. The van der Waals surface area contributed by atoms with Crippen LogP contribution in [0, 0.1) is 0 Å². The number of carbonyl (C=O) groups excluding carboxylic acids is 1. The van der Waals surface area contributed by atoms with Crippen LogP contribution in [0.1, 0.15) is 39.5 Å². The molecule has 0 bridgehead atoms. The van der Waals surface area contributed by atoms with Crippen LogP contribution in [0.2, 0.25) is 0 Å². The number of allylic oxidation sites excluding steroid dienone is 1. The number of hydrogen-bond acceptors (Lipinski definition) is 4. The van der Waals surface area contributed by atoms with Crippen LogP contribution in [-0.4, -0.2) is 17.5 Å². The molecule has 1 heterocycles. The number of thiazole rings is 1. The average molecular weight is 318 g/mol. The number of nitrogens with one attached hydrogen (secondary N) is 1. The van der Waals surface area contributed by atoms with Gasteiger partial charge in [0.15, 0.2) is 5.13 Å². The van der Waals surface area contributed by atoms with Crippen molar-refractivity contribution in [2.45, 2.75) is 39.5 Å². The summed E-state index contributed by atoms with van der Waals surface area (Å²) in [6, 6.07) is 5.75. The zero-order chi connectivity index (χ0) is 15.8. The van der Waals surface area contributed by atoms with Crippen molar-refractivity contribution in [1.82, 2.24) is 4.98 Å². The van der Waals surface area contributed by atoms with Crippen LogP contribution in [0.5, 0.6) is 5.75 Å². The van der Waals surface area contributed by atoms with E-state index in [1.165, 1.54) is 24.2 Å². The molecule has 0 atom stereocenters. The summed E-state index contributed by atoms with van der Waals surface area (Å²) >= 11 is 1.46. The zero-order valence-electron chi connectivity index (χ0n) is 13.1. The number of rotatable bonds is 8. The van der Waals surface area contributed by atoms with Gasteiger partial charge >= 0.3 is 0 Å². The molecule has 1 aromatic carbocycles. The van der Waals surface area contributed by atoms with E-state index in [0.717, 1.165) is 28.8 Å². The molecule has 1 amide bonds. The smallest absolute Gasteiger partial charge is 0.249 e. The van der Waals surface area contributed by atoms with Gasteiger partial charge in [-0.2, -0.15) is 0 Å². The van der Waals surface area contributed by atoms with E-state index in [1.807, 2.05) is 31.2 Å². The lowest BCUT2D eigenvalue weighted by atomic mass is 10.2. The van der Waals surface area contributed by atoms with Gasteiger partial charge in [0.05, 0.1) is 16.8 Å². The van der Waals surface area contributed by atoms with Crippen molar-refractivity contribution < 1.29 is 9.53 Å². The van der Waals surface area contributed by atoms with Gasteiger partial charge in [-0.3, -0.25) is 10.1 Å². The van der Waals surface area contributed by atoms with Crippen molar-refractivity contribution in [1.29, 1.82) is 0 Å². The molecule has 0 aliphatic rings. The molecule has 22 heavy (non-hydrogen) atoms. The number of aromatic nitrogens is 1. The summed E-state index contributed by atoms with van der Waals surface area (Å²) in [6.07, 6.45) is 7.97. The molecular weight excluding hydrogens is 296 g/mol. The minimum atomic E-state index is -0.124. The number of benzene rings is 1. The molecule has 0 radical (unpaired) electrons. The Morgan fingerprint density at radius 1 is 1.36 bits per heavy atom. The second kappa shape index (κ2) is 8.54. The SMILES string of the molecule is CCCCCC=CC(=O)Nc1nc2ccc(OCC)cc2s1. The number of amides is 1. The summed E-state index contributed by atoms with van der Waals surface area (Å²) in [5.74, 6) is 0.702. The Kier molecular flexibility index (Phi) is 6.40. The first kappa shape index (κ1) is 16.5. The fourth-order valence-corrected chi connectivity index (χ4v) is 2.96. The van der Waals surface area contributed by atoms with Crippen LogP contribution in [0.3, 0.4) is 0 Å². The summed E-state index contributed by atoms with van der Waals surface area (Å²) in [7, 11) is 0. The Morgan fingerprint density at radius 2 is 2.23 bits per heavy atom. The van der Waals surface area contributed by atoms with Crippen molar-refractivity contribution in [3.8, 4) is 5.75 Å². The third-order valence-corrected chi connectivity index (χ3v) is 4.08. The first-order valence-corrected chi connectivity index (χ1v) is 8.55. The monoisotopic (exact) mass is 318 g/mol. The Labute approximate surface area is 135 Å². The molecule has 4 nitrogen and oxygen atoms in total. The quantitative estimate of drug-likeness (QED) is 0.563. The molecule has 0 spiro atoms. The average Bonchev–Trinajstić information content (AvgIpc) is 2.88. The summed E-state index contributed by atoms with van der Waals surface area (Å²) in [4.78, 5) is 16.2. The number of nitrogens with zero attached hydrogens (tertiary/aromatic N) is 1. The third-order valence-electron chi connectivity index (χ3n) is 3.14. The molecule has 118 valence electrons. The summed E-state index contributed by atoms with van der Waals surface area (Å²) < 4.78 is 6.48. The molecule has 0 saturated carbocycles. The number of carbonyl (C=O) groups is 1. The molecule has 0 saturated heterocycles. The molecular formula is C17H22N2O2S. The van der Waals surface area contributed by atoms with Crippen molar-refractivity contribution in [3.63, 3.8) is 0 Å². The van der Waals surface area contributed by atoms with Crippen molar-refractivity contribution in [3.05, 3.63) is 30.4 Å². The van der Waals surface area contributed by atoms with E-state index in [2.05, 4.69) is 17.2 Å². The highest BCUT2D eigenvalue weighted by Gasteiger charge is 2.07. The normalized spacial score (nSPS) is 11.2. The highest BCUT2D eigenvalue weighted by atomic mass is 32.1. The standard InChI is InChI=1S/C17H22N2O2S/c1-3-5-6-7-8-9-16(20)19-17-18-14-11-10-13(21-4-2)12-15(14)22-17/h8-12H,3-7H2,1-2H3,(H,18,19,20). The predicted octanol–water partition coefficient (Wildman–Crippen LogP) is 4.77. The maximum atomic E-state index is 11.8. The van der Waals surface area contributed by atoms with E-state index in [4.69, 9.17) is 4.74 Å². The van der Waals surface area contributed by atoms with Crippen molar-refractivity contribution >= 4 is 32.6 Å². The molecule has 2 aromatic rings. The van der Waals surface area contributed by atoms with E-state index in [9.17, 15) is 4.79 Å². The Balaban J connectivity index is 1.94. The maximum absolute atomic E-state index is 11.8. The maximum Gasteiger partial charge on any atom is 0.249 e. The van der Waals surface area contributed by atoms with Crippen LogP contribution in [-0.2, 0) is 4.79 Å². The molecule has 0 aliphatic heterocycles. The minimum Gasteiger partial charge on any atom is -0.494 e. The largest absolute Gasteiger partial charge is 0.494 e. The van der Waals surface area contributed by atoms with Gasteiger partial charge in [-0.25, -0.2) is 4.98 Å². The summed E-state index contributed by atoms with van der Waals surface area (Å²) in [5.41, 5.74) is 0.871. The van der Waals surface area contributed by atoms with E-state index in [1.54, 1.807) is 6.08 Å². The Bertz CT molecular complexity index is 649. The van der Waals surface area contributed by atoms with Gasteiger partial charge in [0, 0.05) is 0 Å². The van der Waals surface area contributed by atoms with Crippen molar-refractivity contribution in [2.75, 3.05) is 11.9 Å². The summed E-state index contributed by atoms with van der Waals surface area (Å²) in [6.45, 7) is 4.76. The fraction of sp³-hybridized carbons (Fsp3) is 0.412. The van der Waals surface area contributed by atoms with E-state index in [0.29, 0.717) is 11.7 Å². The van der Waals surface area contributed by atoms with Crippen molar-refractivity contribution in [2.24, 2.45) is 0 Å².